The zero-order chi connectivity index (χ0) is 11.9. The zero-order valence-electron chi connectivity index (χ0n) is 8.68. The van der Waals surface area contributed by atoms with E-state index in [4.69, 9.17) is 5.11 Å². The molecular formula is C10H9NO4S. The number of ether oxygens (including phenoxy) is 1. The van der Waals surface area contributed by atoms with Crippen LogP contribution in [-0.4, -0.2) is 15.8 Å². The number of rotatable bonds is 1. The molecule has 2 rings (SSSR count). The van der Waals surface area contributed by atoms with Gasteiger partial charge >= 0.3 is 11.0 Å². The van der Waals surface area contributed by atoms with Crippen molar-refractivity contribution in [3.8, 4) is 5.75 Å². The molecule has 0 amide bonds. The summed E-state index contributed by atoms with van der Waals surface area (Å²) in [5.41, 5.74) is 1.37. The molecule has 0 bridgehead atoms. The second kappa shape index (κ2) is 3.64. The van der Waals surface area contributed by atoms with Crippen LogP contribution in [0.5, 0.6) is 5.75 Å². The number of hydrogen-bond donors (Lipinski definition) is 1. The van der Waals surface area contributed by atoms with Crippen molar-refractivity contribution in [2.24, 2.45) is 7.05 Å². The summed E-state index contributed by atoms with van der Waals surface area (Å²) < 4.78 is 6.94. The maximum atomic E-state index is 11.4. The molecule has 0 aliphatic heterocycles. The van der Waals surface area contributed by atoms with E-state index in [2.05, 4.69) is 4.74 Å². The molecule has 0 fully saturated rings. The fourth-order valence-corrected chi connectivity index (χ4v) is 2.55. The van der Waals surface area contributed by atoms with E-state index < -0.39 is 6.16 Å². The highest BCUT2D eigenvalue weighted by atomic mass is 32.1. The zero-order valence-corrected chi connectivity index (χ0v) is 9.50. The SMILES string of the molecule is Cc1c(OC(=O)O)ccc2sc(=O)n(C)c12. The van der Waals surface area contributed by atoms with Gasteiger partial charge in [-0.2, -0.15) is 0 Å². The van der Waals surface area contributed by atoms with Crippen LogP contribution in [0.1, 0.15) is 5.56 Å². The van der Waals surface area contributed by atoms with Gasteiger partial charge in [0, 0.05) is 12.6 Å². The largest absolute Gasteiger partial charge is 0.511 e. The van der Waals surface area contributed by atoms with Gasteiger partial charge in [-0.25, -0.2) is 4.79 Å². The fraction of sp³-hybridized carbons (Fsp3) is 0.200. The minimum atomic E-state index is -1.36. The molecule has 0 aliphatic rings. The molecular weight excluding hydrogens is 230 g/mol. The normalized spacial score (nSPS) is 10.6. The molecule has 16 heavy (non-hydrogen) atoms. The Hall–Kier alpha value is -1.82. The summed E-state index contributed by atoms with van der Waals surface area (Å²) in [6, 6.07) is 3.24. The van der Waals surface area contributed by atoms with Crippen LogP contribution >= 0.6 is 11.3 Å². The van der Waals surface area contributed by atoms with Crippen molar-refractivity contribution in [1.29, 1.82) is 0 Å². The van der Waals surface area contributed by atoms with E-state index in [-0.39, 0.29) is 10.6 Å². The summed E-state index contributed by atoms with van der Waals surface area (Å²) in [6.45, 7) is 1.73. The number of hydrogen-bond acceptors (Lipinski definition) is 4. The van der Waals surface area contributed by atoms with Crippen LogP contribution in [0.25, 0.3) is 10.2 Å². The molecule has 5 nitrogen and oxygen atoms in total. The van der Waals surface area contributed by atoms with E-state index in [1.54, 1.807) is 26.1 Å². The highest BCUT2D eigenvalue weighted by Gasteiger charge is 2.12. The summed E-state index contributed by atoms with van der Waals surface area (Å²) in [6.07, 6.45) is -1.36. The Morgan fingerprint density at radius 2 is 2.19 bits per heavy atom. The molecule has 0 unspecified atom stereocenters. The number of carbonyl (C=O) groups is 1. The molecule has 1 aromatic carbocycles. The van der Waals surface area contributed by atoms with E-state index in [1.165, 1.54) is 4.57 Å². The Kier molecular flexibility index (Phi) is 2.43. The van der Waals surface area contributed by atoms with Crippen LogP contribution in [0.3, 0.4) is 0 Å². The minimum Gasteiger partial charge on any atom is -0.449 e. The number of benzene rings is 1. The quantitative estimate of drug-likeness (QED) is 0.610. The van der Waals surface area contributed by atoms with Crippen molar-refractivity contribution in [2.75, 3.05) is 0 Å². The first-order valence-electron chi connectivity index (χ1n) is 4.50. The lowest BCUT2D eigenvalue weighted by Crippen LogP contribution is -2.08. The van der Waals surface area contributed by atoms with E-state index in [0.717, 1.165) is 16.0 Å². The van der Waals surface area contributed by atoms with Gasteiger partial charge in [0.2, 0.25) is 0 Å². The summed E-state index contributed by atoms with van der Waals surface area (Å²) in [5.74, 6) is 0.258. The second-order valence-electron chi connectivity index (χ2n) is 3.33. The van der Waals surface area contributed by atoms with Gasteiger partial charge in [-0.3, -0.25) is 4.79 Å². The highest BCUT2D eigenvalue weighted by Crippen LogP contribution is 2.28. The summed E-state index contributed by atoms with van der Waals surface area (Å²) in [4.78, 5) is 21.8. The van der Waals surface area contributed by atoms with Crippen molar-refractivity contribution in [3.63, 3.8) is 0 Å². The van der Waals surface area contributed by atoms with Crippen molar-refractivity contribution < 1.29 is 14.6 Å². The van der Waals surface area contributed by atoms with E-state index in [1.807, 2.05) is 0 Å². The first-order valence-corrected chi connectivity index (χ1v) is 5.32. The number of aromatic nitrogens is 1. The predicted octanol–water partition coefficient (Wildman–Crippen LogP) is 1.97. The fourth-order valence-electron chi connectivity index (χ4n) is 1.61. The van der Waals surface area contributed by atoms with Crippen molar-refractivity contribution in [2.45, 2.75) is 6.92 Å². The molecule has 1 heterocycles. The van der Waals surface area contributed by atoms with Crippen LogP contribution in [0.15, 0.2) is 16.9 Å². The van der Waals surface area contributed by atoms with Crippen LogP contribution in [0.2, 0.25) is 0 Å². The van der Waals surface area contributed by atoms with Gasteiger partial charge in [0.05, 0.1) is 10.2 Å². The molecule has 1 N–H and O–H groups in total. The third kappa shape index (κ3) is 1.57. The Bertz CT molecular complexity index is 626. The van der Waals surface area contributed by atoms with Gasteiger partial charge in [-0.1, -0.05) is 11.3 Å². The third-order valence-corrected chi connectivity index (χ3v) is 3.35. The van der Waals surface area contributed by atoms with Crippen molar-refractivity contribution in [1.82, 2.24) is 4.57 Å². The van der Waals surface area contributed by atoms with Gasteiger partial charge in [0.1, 0.15) is 5.75 Å². The maximum absolute atomic E-state index is 11.4. The molecule has 0 spiro atoms. The predicted molar refractivity (Wildman–Crippen MR) is 60.5 cm³/mol. The van der Waals surface area contributed by atoms with Crippen LogP contribution in [-0.2, 0) is 7.05 Å². The number of nitrogens with zero attached hydrogens (tertiary/aromatic N) is 1. The first-order chi connectivity index (χ1) is 7.50. The Morgan fingerprint density at radius 3 is 2.81 bits per heavy atom. The summed E-state index contributed by atoms with van der Waals surface area (Å²) in [5, 5.41) is 8.55. The molecule has 84 valence electrons. The molecule has 1 aromatic heterocycles. The Balaban J connectivity index is 2.73. The molecule has 0 radical (unpaired) electrons. The summed E-state index contributed by atoms with van der Waals surface area (Å²) >= 11 is 1.12. The lowest BCUT2D eigenvalue weighted by atomic mass is 10.2. The van der Waals surface area contributed by atoms with Crippen molar-refractivity contribution >= 4 is 27.7 Å². The van der Waals surface area contributed by atoms with E-state index >= 15 is 0 Å². The molecule has 0 aliphatic carbocycles. The average molecular weight is 239 g/mol. The number of fused-ring (bicyclic) bond motifs is 1. The lowest BCUT2D eigenvalue weighted by molar-refractivity contribution is 0.144. The lowest BCUT2D eigenvalue weighted by Gasteiger charge is -2.05. The first kappa shape index (κ1) is 10.7. The monoisotopic (exact) mass is 239 g/mol. The van der Waals surface area contributed by atoms with Gasteiger partial charge in [0.15, 0.2) is 0 Å². The van der Waals surface area contributed by atoms with E-state index in [9.17, 15) is 9.59 Å². The van der Waals surface area contributed by atoms with Crippen LogP contribution in [0.4, 0.5) is 4.79 Å². The van der Waals surface area contributed by atoms with Crippen LogP contribution < -0.4 is 9.61 Å². The molecule has 0 saturated heterocycles. The molecule has 0 atom stereocenters. The Morgan fingerprint density at radius 1 is 1.50 bits per heavy atom. The molecule has 0 saturated carbocycles. The standard InChI is InChI=1S/C10H9NO4S/c1-5-6(15-10(13)14)3-4-7-8(5)11(2)9(12)16-7/h3-4H,1-2H3,(H,13,14). The minimum absolute atomic E-state index is 0.0782. The van der Waals surface area contributed by atoms with Gasteiger partial charge in [-0.05, 0) is 19.1 Å². The third-order valence-electron chi connectivity index (χ3n) is 2.35. The molecule has 6 heteroatoms. The van der Waals surface area contributed by atoms with Crippen LogP contribution in [0, 0.1) is 6.92 Å². The number of aryl methyl sites for hydroxylation is 2. The maximum Gasteiger partial charge on any atom is 0.511 e. The topological polar surface area (TPSA) is 68.5 Å². The van der Waals surface area contributed by atoms with Gasteiger partial charge < -0.3 is 14.4 Å². The highest BCUT2D eigenvalue weighted by molar-refractivity contribution is 7.16. The van der Waals surface area contributed by atoms with E-state index in [0.29, 0.717) is 11.1 Å². The van der Waals surface area contributed by atoms with Gasteiger partial charge in [-0.15, -0.1) is 0 Å². The smallest absolute Gasteiger partial charge is 0.449 e. The second-order valence-corrected chi connectivity index (χ2v) is 4.32. The average Bonchev–Trinajstić information content (AvgIpc) is 2.48. The summed E-state index contributed by atoms with van der Waals surface area (Å²) in [7, 11) is 1.65. The molecule has 2 aromatic rings. The Labute approximate surface area is 94.5 Å². The number of thiazole rings is 1. The number of carboxylic acid groups (broad SMARTS) is 1. The van der Waals surface area contributed by atoms with Gasteiger partial charge in [0.25, 0.3) is 0 Å². The van der Waals surface area contributed by atoms with Crippen molar-refractivity contribution in [3.05, 3.63) is 27.4 Å².